The molecule has 102 valence electrons. The van der Waals surface area contributed by atoms with Gasteiger partial charge in [0.25, 0.3) is 0 Å². The lowest BCUT2D eigenvalue weighted by molar-refractivity contribution is 0.295. The minimum Gasteiger partial charge on any atom is -0.367 e. The smallest absolute Gasteiger partial charge is 0.143 e. The van der Waals surface area contributed by atoms with Gasteiger partial charge >= 0.3 is 0 Å². The first-order chi connectivity index (χ1) is 8.67. The Hall–Kier alpha value is -0.430. The molecular weight excluding hydrogens is 339 g/mol. The fraction of sp³-hybridized carbons (Fsp3) is 0.692. The van der Waals surface area contributed by atoms with Gasteiger partial charge in [-0.25, -0.2) is 9.97 Å². The van der Waals surface area contributed by atoms with E-state index in [1.807, 2.05) is 6.20 Å². The Morgan fingerprint density at radius 3 is 2.72 bits per heavy atom. The van der Waals surface area contributed by atoms with Crippen LogP contribution in [0.2, 0.25) is 0 Å². The maximum absolute atomic E-state index is 4.25. The first-order valence-electron chi connectivity index (χ1n) is 6.61. The molecule has 0 fully saturated rings. The van der Waals surface area contributed by atoms with Crippen LogP contribution in [0.15, 0.2) is 12.5 Å². The van der Waals surface area contributed by atoms with Gasteiger partial charge in [-0.1, -0.05) is 13.8 Å². The van der Waals surface area contributed by atoms with E-state index in [9.17, 15) is 0 Å². The van der Waals surface area contributed by atoms with Gasteiger partial charge in [-0.2, -0.15) is 0 Å². The first-order valence-corrected chi connectivity index (χ1v) is 7.69. The Labute approximate surface area is 124 Å². The lowest BCUT2D eigenvalue weighted by atomic mass is 10.1. The highest BCUT2D eigenvalue weighted by molar-refractivity contribution is 14.1. The van der Waals surface area contributed by atoms with Crippen molar-refractivity contribution in [1.82, 2.24) is 14.9 Å². The molecular formula is C13H23IN4. The largest absolute Gasteiger partial charge is 0.367 e. The van der Waals surface area contributed by atoms with Crippen molar-refractivity contribution in [3.05, 3.63) is 16.1 Å². The fourth-order valence-electron chi connectivity index (χ4n) is 1.89. The van der Waals surface area contributed by atoms with Crippen LogP contribution in [0.5, 0.6) is 0 Å². The summed E-state index contributed by atoms with van der Waals surface area (Å²) >= 11 is 2.26. The molecule has 1 N–H and O–H groups in total. The van der Waals surface area contributed by atoms with E-state index in [1.165, 1.54) is 13.0 Å². The number of anilines is 1. The van der Waals surface area contributed by atoms with E-state index in [0.29, 0.717) is 6.04 Å². The van der Waals surface area contributed by atoms with Crippen LogP contribution in [0.4, 0.5) is 5.82 Å². The lowest BCUT2D eigenvalue weighted by Gasteiger charge is -2.20. The summed E-state index contributed by atoms with van der Waals surface area (Å²) in [6.45, 7) is 10.1. The predicted octanol–water partition coefficient (Wildman–Crippen LogP) is 3.00. The standard InChI is InChI=1S/C13H23IN4/c1-4-18(5-2)8-6-7-11(3)17-13-12(14)9-15-10-16-13/h9-11H,4-8H2,1-3H3,(H,15,16,17). The molecule has 0 aliphatic carbocycles. The molecule has 0 aromatic carbocycles. The van der Waals surface area contributed by atoms with Gasteiger partial charge in [0.2, 0.25) is 0 Å². The van der Waals surface area contributed by atoms with Crippen molar-refractivity contribution in [2.45, 2.75) is 39.7 Å². The van der Waals surface area contributed by atoms with Crippen LogP contribution in [0, 0.1) is 3.57 Å². The van der Waals surface area contributed by atoms with Gasteiger partial charge in [-0.15, -0.1) is 0 Å². The van der Waals surface area contributed by atoms with Gasteiger partial charge in [0, 0.05) is 12.2 Å². The molecule has 0 aliphatic heterocycles. The maximum Gasteiger partial charge on any atom is 0.143 e. The molecule has 1 aromatic rings. The summed E-state index contributed by atoms with van der Waals surface area (Å²) in [6, 6.07) is 0.448. The third-order valence-electron chi connectivity index (χ3n) is 3.06. The van der Waals surface area contributed by atoms with Crippen molar-refractivity contribution in [3.63, 3.8) is 0 Å². The van der Waals surface area contributed by atoms with Gasteiger partial charge in [0.05, 0.1) is 3.57 Å². The van der Waals surface area contributed by atoms with Crippen LogP contribution in [0.25, 0.3) is 0 Å². The molecule has 0 spiro atoms. The summed E-state index contributed by atoms with van der Waals surface area (Å²) in [4.78, 5) is 10.7. The number of hydrogen-bond acceptors (Lipinski definition) is 4. The molecule has 0 radical (unpaired) electrons. The van der Waals surface area contributed by atoms with E-state index in [-0.39, 0.29) is 0 Å². The zero-order chi connectivity index (χ0) is 13.4. The topological polar surface area (TPSA) is 41.0 Å². The van der Waals surface area contributed by atoms with Crippen LogP contribution in [0.3, 0.4) is 0 Å². The molecule has 0 bridgehead atoms. The minimum absolute atomic E-state index is 0.448. The van der Waals surface area contributed by atoms with Gasteiger partial charge < -0.3 is 10.2 Å². The summed E-state index contributed by atoms with van der Waals surface area (Å²) in [5.41, 5.74) is 0. The zero-order valence-corrected chi connectivity index (χ0v) is 13.6. The average Bonchev–Trinajstić information content (AvgIpc) is 2.37. The highest BCUT2D eigenvalue weighted by atomic mass is 127. The number of halogens is 1. The number of rotatable bonds is 8. The maximum atomic E-state index is 4.25. The average molecular weight is 362 g/mol. The number of nitrogens with one attached hydrogen (secondary N) is 1. The fourth-order valence-corrected chi connectivity index (χ4v) is 2.34. The van der Waals surface area contributed by atoms with Crippen LogP contribution in [-0.2, 0) is 0 Å². The van der Waals surface area contributed by atoms with Crippen molar-refractivity contribution in [2.24, 2.45) is 0 Å². The van der Waals surface area contributed by atoms with Crippen LogP contribution < -0.4 is 5.32 Å². The summed E-state index contributed by atoms with van der Waals surface area (Å²) in [7, 11) is 0. The summed E-state index contributed by atoms with van der Waals surface area (Å²) in [6.07, 6.45) is 5.81. The second kappa shape index (κ2) is 8.63. The summed E-state index contributed by atoms with van der Waals surface area (Å²) < 4.78 is 1.07. The molecule has 1 heterocycles. The minimum atomic E-state index is 0.448. The van der Waals surface area contributed by atoms with Gasteiger partial charge in [0.15, 0.2) is 0 Å². The Morgan fingerprint density at radius 1 is 1.39 bits per heavy atom. The molecule has 1 rings (SSSR count). The quantitative estimate of drug-likeness (QED) is 0.722. The number of nitrogens with zero attached hydrogens (tertiary/aromatic N) is 3. The third kappa shape index (κ3) is 5.48. The van der Waals surface area contributed by atoms with E-state index in [0.717, 1.165) is 28.9 Å². The van der Waals surface area contributed by atoms with Crippen molar-refractivity contribution in [1.29, 1.82) is 0 Å². The van der Waals surface area contributed by atoms with E-state index < -0.39 is 0 Å². The molecule has 4 nitrogen and oxygen atoms in total. The predicted molar refractivity (Wildman–Crippen MR) is 84.9 cm³/mol. The number of hydrogen-bond donors (Lipinski definition) is 1. The normalized spacial score (nSPS) is 12.7. The van der Waals surface area contributed by atoms with Crippen LogP contribution in [-0.4, -0.2) is 40.5 Å². The van der Waals surface area contributed by atoms with E-state index in [2.05, 4.69) is 63.5 Å². The second-order valence-electron chi connectivity index (χ2n) is 4.43. The lowest BCUT2D eigenvalue weighted by Crippen LogP contribution is -2.25. The van der Waals surface area contributed by atoms with Crippen molar-refractivity contribution in [3.8, 4) is 0 Å². The molecule has 5 heteroatoms. The zero-order valence-electron chi connectivity index (χ0n) is 11.5. The molecule has 1 atom stereocenters. The highest BCUT2D eigenvalue weighted by Crippen LogP contribution is 2.14. The molecule has 1 unspecified atom stereocenters. The van der Waals surface area contributed by atoms with E-state index in [1.54, 1.807) is 6.33 Å². The summed E-state index contributed by atoms with van der Waals surface area (Å²) in [5, 5.41) is 3.44. The van der Waals surface area contributed by atoms with Crippen molar-refractivity contribution < 1.29 is 0 Å². The van der Waals surface area contributed by atoms with Crippen LogP contribution >= 0.6 is 22.6 Å². The Kier molecular flexibility index (Phi) is 7.50. The van der Waals surface area contributed by atoms with E-state index >= 15 is 0 Å². The van der Waals surface area contributed by atoms with Gasteiger partial charge in [-0.3, -0.25) is 0 Å². The van der Waals surface area contributed by atoms with Crippen molar-refractivity contribution in [2.75, 3.05) is 25.0 Å². The second-order valence-corrected chi connectivity index (χ2v) is 5.60. The first kappa shape index (κ1) is 15.6. The Morgan fingerprint density at radius 2 is 2.11 bits per heavy atom. The molecule has 0 saturated heterocycles. The molecule has 0 aliphatic rings. The van der Waals surface area contributed by atoms with Crippen molar-refractivity contribution >= 4 is 28.4 Å². The van der Waals surface area contributed by atoms with E-state index in [4.69, 9.17) is 0 Å². The number of aromatic nitrogens is 2. The molecule has 0 amide bonds. The highest BCUT2D eigenvalue weighted by Gasteiger charge is 2.07. The Balaban J connectivity index is 2.30. The molecule has 18 heavy (non-hydrogen) atoms. The van der Waals surface area contributed by atoms with Gasteiger partial charge in [-0.05, 0) is 62.0 Å². The SMILES string of the molecule is CCN(CC)CCCC(C)Nc1ncncc1I. The Bertz CT molecular complexity index is 342. The molecule has 1 aromatic heterocycles. The third-order valence-corrected chi connectivity index (χ3v) is 3.85. The monoisotopic (exact) mass is 362 g/mol. The van der Waals surface area contributed by atoms with Crippen LogP contribution in [0.1, 0.15) is 33.6 Å². The molecule has 0 saturated carbocycles. The summed E-state index contributed by atoms with van der Waals surface area (Å²) in [5.74, 6) is 0.945. The van der Waals surface area contributed by atoms with Gasteiger partial charge in [0.1, 0.15) is 12.1 Å².